The highest BCUT2D eigenvalue weighted by Gasteiger charge is 2.35. The fraction of sp³-hybridized carbons (Fsp3) is 0.278. The molecule has 254 valence electrons. The Morgan fingerprint density at radius 3 is 2.21 bits per heavy atom. The highest BCUT2D eigenvalue weighted by molar-refractivity contribution is 9.10. The molecule has 9 nitrogen and oxygen atoms in total. The minimum absolute atomic E-state index is 0.0185. The number of nitrogens with zero attached hydrogens (tertiary/aromatic N) is 2. The second-order valence-electron chi connectivity index (χ2n) is 11.0. The van der Waals surface area contributed by atoms with Crippen molar-refractivity contribution in [3.63, 3.8) is 0 Å². The van der Waals surface area contributed by atoms with E-state index in [1.165, 1.54) is 49.5 Å². The van der Waals surface area contributed by atoms with Crippen LogP contribution < -0.4 is 19.1 Å². The molecule has 4 rings (SSSR count). The number of hydrogen-bond donors (Lipinski definition) is 1. The molecule has 4 aromatic carbocycles. The van der Waals surface area contributed by atoms with Gasteiger partial charge in [0.05, 0.1) is 24.8 Å². The molecule has 0 aliphatic carbocycles. The molecule has 0 aliphatic heterocycles. The lowest BCUT2D eigenvalue weighted by molar-refractivity contribution is -0.140. The summed E-state index contributed by atoms with van der Waals surface area (Å²) >= 11 is 3.48. The number of hydrogen-bond acceptors (Lipinski definition) is 6. The molecule has 0 fully saturated rings. The van der Waals surface area contributed by atoms with E-state index in [0.717, 1.165) is 44.9 Å². The minimum Gasteiger partial charge on any atom is -0.493 e. The Balaban J connectivity index is 1.81. The molecule has 0 bridgehead atoms. The van der Waals surface area contributed by atoms with Crippen molar-refractivity contribution < 1.29 is 31.9 Å². The van der Waals surface area contributed by atoms with Crippen molar-refractivity contribution in [1.82, 2.24) is 10.2 Å². The summed E-state index contributed by atoms with van der Waals surface area (Å²) in [7, 11) is -1.62. The van der Waals surface area contributed by atoms with Crippen molar-refractivity contribution in [1.29, 1.82) is 0 Å². The van der Waals surface area contributed by atoms with Crippen LogP contribution in [0.4, 0.5) is 10.1 Å². The molecule has 0 radical (unpaired) electrons. The van der Waals surface area contributed by atoms with E-state index in [9.17, 15) is 22.4 Å². The maximum atomic E-state index is 14.6. The molecule has 0 saturated heterocycles. The van der Waals surface area contributed by atoms with Gasteiger partial charge >= 0.3 is 0 Å². The number of amides is 2. The summed E-state index contributed by atoms with van der Waals surface area (Å²) in [6.45, 7) is 1.78. The number of rotatable bonds is 16. The van der Waals surface area contributed by atoms with Gasteiger partial charge in [0.15, 0.2) is 11.5 Å². The zero-order valence-electron chi connectivity index (χ0n) is 27.1. The van der Waals surface area contributed by atoms with Crippen LogP contribution in [0.1, 0.15) is 30.9 Å². The topological polar surface area (TPSA) is 105 Å². The molecule has 1 N–H and O–H groups in total. The maximum absolute atomic E-state index is 14.6. The third-order valence-electron chi connectivity index (χ3n) is 7.68. The number of nitrogens with one attached hydrogen (secondary N) is 1. The number of ether oxygens (including phenoxy) is 2. The average molecular weight is 741 g/mol. The van der Waals surface area contributed by atoms with Gasteiger partial charge in [0, 0.05) is 30.0 Å². The number of anilines is 1. The normalized spacial score (nSPS) is 11.8. The number of methoxy groups -OCH3 is 2. The standard InChI is InChI=1S/C36H39BrFN3O6S/c1-4-5-20-39-36(43)32(22-26-10-7-6-8-11-26)40(24-27-12-9-13-28(37)21-27)35(42)25-41(30-16-14-29(38)15-17-30)48(44,45)31-18-19-33(46-2)34(23-31)47-3/h6-19,21,23,32H,4-5,20,22,24-25H2,1-3H3,(H,39,43)/t32-/m1/s1. The van der Waals surface area contributed by atoms with Crippen molar-refractivity contribution in [2.45, 2.75) is 43.7 Å². The Morgan fingerprint density at radius 2 is 1.56 bits per heavy atom. The summed E-state index contributed by atoms with van der Waals surface area (Å²) in [4.78, 5) is 29.7. The van der Waals surface area contributed by atoms with Crippen molar-refractivity contribution >= 4 is 43.5 Å². The Kier molecular flexibility index (Phi) is 13.0. The number of sulfonamides is 1. The van der Waals surface area contributed by atoms with E-state index in [1.54, 1.807) is 0 Å². The van der Waals surface area contributed by atoms with Crippen LogP contribution >= 0.6 is 15.9 Å². The zero-order valence-corrected chi connectivity index (χ0v) is 29.5. The zero-order chi connectivity index (χ0) is 34.7. The summed E-state index contributed by atoms with van der Waals surface area (Å²) in [5.74, 6) is -1.07. The van der Waals surface area contributed by atoms with Gasteiger partial charge in [-0.25, -0.2) is 12.8 Å². The van der Waals surface area contributed by atoms with E-state index >= 15 is 0 Å². The minimum atomic E-state index is -4.44. The Morgan fingerprint density at radius 1 is 0.875 bits per heavy atom. The number of halogens is 2. The van der Waals surface area contributed by atoms with Gasteiger partial charge in [0.1, 0.15) is 18.4 Å². The fourth-order valence-electron chi connectivity index (χ4n) is 5.13. The van der Waals surface area contributed by atoms with Crippen LogP contribution in [0.15, 0.2) is 106 Å². The summed E-state index contributed by atoms with van der Waals surface area (Å²) in [6, 6.07) is 24.6. The molecule has 1 atom stereocenters. The fourth-order valence-corrected chi connectivity index (χ4v) is 7.01. The summed E-state index contributed by atoms with van der Waals surface area (Å²) in [6.07, 6.45) is 1.81. The lowest BCUT2D eigenvalue weighted by Crippen LogP contribution is -2.53. The van der Waals surface area contributed by atoms with E-state index in [-0.39, 0.29) is 35.2 Å². The summed E-state index contributed by atoms with van der Waals surface area (Å²) in [5, 5.41) is 2.97. The van der Waals surface area contributed by atoms with Crippen LogP contribution in [-0.4, -0.2) is 58.5 Å². The van der Waals surface area contributed by atoms with E-state index in [1.807, 2.05) is 61.5 Å². The first-order valence-electron chi connectivity index (χ1n) is 15.4. The van der Waals surface area contributed by atoms with Crippen LogP contribution in [0.25, 0.3) is 0 Å². The van der Waals surface area contributed by atoms with Gasteiger partial charge in [-0.05, 0) is 66.1 Å². The molecule has 4 aromatic rings. The number of unbranched alkanes of at least 4 members (excludes halogenated alkanes) is 1. The number of carbonyl (C=O) groups is 2. The lowest BCUT2D eigenvalue weighted by Gasteiger charge is -2.34. The van der Waals surface area contributed by atoms with Crippen molar-refractivity contribution in [3.8, 4) is 11.5 Å². The second kappa shape index (κ2) is 17.1. The smallest absolute Gasteiger partial charge is 0.264 e. The highest BCUT2D eigenvalue weighted by Crippen LogP contribution is 2.32. The molecule has 0 saturated carbocycles. The first kappa shape index (κ1) is 36.4. The van der Waals surface area contributed by atoms with Crippen LogP contribution in [0.2, 0.25) is 0 Å². The van der Waals surface area contributed by atoms with Crippen molar-refractivity contribution in [2.24, 2.45) is 0 Å². The van der Waals surface area contributed by atoms with E-state index in [2.05, 4.69) is 21.2 Å². The molecule has 0 aromatic heterocycles. The molecule has 0 spiro atoms. The quantitative estimate of drug-likeness (QED) is 0.134. The Labute approximate surface area is 289 Å². The van der Waals surface area contributed by atoms with E-state index < -0.39 is 34.3 Å². The monoisotopic (exact) mass is 739 g/mol. The van der Waals surface area contributed by atoms with Crippen LogP contribution in [0.5, 0.6) is 11.5 Å². The summed E-state index contributed by atoms with van der Waals surface area (Å²) in [5.41, 5.74) is 1.62. The number of carbonyl (C=O) groups excluding carboxylic acids is 2. The second-order valence-corrected chi connectivity index (χ2v) is 13.8. The van der Waals surface area contributed by atoms with Gasteiger partial charge in [0.25, 0.3) is 10.0 Å². The van der Waals surface area contributed by atoms with Crippen LogP contribution in [-0.2, 0) is 32.6 Å². The molecule has 2 amide bonds. The third kappa shape index (κ3) is 9.35. The lowest BCUT2D eigenvalue weighted by atomic mass is 10.0. The number of benzene rings is 4. The SMILES string of the molecule is CCCCNC(=O)[C@@H](Cc1ccccc1)N(Cc1cccc(Br)c1)C(=O)CN(c1ccc(F)cc1)S(=O)(=O)c1ccc(OC)c(OC)c1. The van der Waals surface area contributed by atoms with Gasteiger partial charge in [-0.3, -0.25) is 13.9 Å². The van der Waals surface area contributed by atoms with E-state index in [4.69, 9.17) is 9.47 Å². The van der Waals surface area contributed by atoms with Gasteiger partial charge < -0.3 is 19.7 Å². The molecular formula is C36H39BrFN3O6S. The Bertz CT molecular complexity index is 1790. The first-order chi connectivity index (χ1) is 23.1. The van der Waals surface area contributed by atoms with Crippen molar-refractivity contribution in [3.05, 3.63) is 118 Å². The van der Waals surface area contributed by atoms with E-state index in [0.29, 0.717) is 12.3 Å². The molecule has 0 aliphatic rings. The predicted octanol–water partition coefficient (Wildman–Crippen LogP) is 6.36. The van der Waals surface area contributed by atoms with Crippen LogP contribution in [0.3, 0.4) is 0 Å². The van der Waals surface area contributed by atoms with Gasteiger partial charge in [0.2, 0.25) is 11.8 Å². The highest BCUT2D eigenvalue weighted by atomic mass is 79.9. The van der Waals surface area contributed by atoms with Gasteiger partial charge in [-0.2, -0.15) is 0 Å². The molecule has 12 heteroatoms. The summed E-state index contributed by atoms with van der Waals surface area (Å²) < 4.78 is 54.9. The van der Waals surface area contributed by atoms with Crippen molar-refractivity contribution in [2.75, 3.05) is 31.6 Å². The molecule has 0 heterocycles. The molecule has 48 heavy (non-hydrogen) atoms. The molecule has 0 unspecified atom stereocenters. The maximum Gasteiger partial charge on any atom is 0.264 e. The molecular weight excluding hydrogens is 701 g/mol. The first-order valence-corrected chi connectivity index (χ1v) is 17.7. The van der Waals surface area contributed by atoms with Gasteiger partial charge in [-0.15, -0.1) is 0 Å². The third-order valence-corrected chi connectivity index (χ3v) is 9.94. The van der Waals surface area contributed by atoms with Gasteiger partial charge in [-0.1, -0.05) is 71.7 Å². The van der Waals surface area contributed by atoms with Crippen LogP contribution in [0, 0.1) is 5.82 Å². The average Bonchev–Trinajstić information content (AvgIpc) is 3.09. The Hall–Kier alpha value is -4.42. The largest absolute Gasteiger partial charge is 0.493 e. The predicted molar refractivity (Wildman–Crippen MR) is 187 cm³/mol.